The van der Waals surface area contributed by atoms with E-state index in [0.717, 1.165) is 30.1 Å². The van der Waals surface area contributed by atoms with Gasteiger partial charge < -0.3 is 11.1 Å². The summed E-state index contributed by atoms with van der Waals surface area (Å²) in [6.45, 7) is 14.0. The van der Waals surface area contributed by atoms with Crippen LogP contribution in [-0.2, 0) is 0 Å². The van der Waals surface area contributed by atoms with E-state index in [0.29, 0.717) is 11.5 Å². The van der Waals surface area contributed by atoms with E-state index in [-0.39, 0.29) is 6.04 Å². The molecule has 0 aliphatic rings. The second kappa shape index (κ2) is 6.82. The zero-order valence-electron chi connectivity index (χ0n) is 13.2. The van der Waals surface area contributed by atoms with Crippen molar-refractivity contribution in [3.05, 3.63) is 15.6 Å². The number of aromatic nitrogens is 1. The van der Waals surface area contributed by atoms with Gasteiger partial charge in [0.25, 0.3) is 0 Å². The van der Waals surface area contributed by atoms with Gasteiger partial charge in [0.2, 0.25) is 0 Å². The first kappa shape index (κ1) is 16.6. The fourth-order valence-electron chi connectivity index (χ4n) is 2.42. The van der Waals surface area contributed by atoms with E-state index in [1.165, 1.54) is 4.88 Å². The van der Waals surface area contributed by atoms with E-state index in [1.807, 2.05) is 0 Å². The Labute approximate surface area is 122 Å². The maximum absolute atomic E-state index is 6.17. The summed E-state index contributed by atoms with van der Waals surface area (Å²) >= 11 is 1.79. The summed E-state index contributed by atoms with van der Waals surface area (Å²) in [4.78, 5) is 5.83. The molecule has 0 aromatic carbocycles. The van der Waals surface area contributed by atoms with Crippen LogP contribution in [0, 0.1) is 19.3 Å². The Morgan fingerprint density at radius 2 is 1.95 bits per heavy atom. The standard InChI is InChI=1S/C15H29N3S/c1-10(14-11(2)18-12(3)19-14)17-8-7-13(16)9-15(4,5)6/h10,13,17H,7-9,16H2,1-6H3. The van der Waals surface area contributed by atoms with Gasteiger partial charge in [-0.1, -0.05) is 20.8 Å². The van der Waals surface area contributed by atoms with Gasteiger partial charge in [0, 0.05) is 17.0 Å². The molecule has 0 aliphatic heterocycles. The average molecular weight is 283 g/mol. The quantitative estimate of drug-likeness (QED) is 0.839. The number of hydrogen-bond acceptors (Lipinski definition) is 4. The van der Waals surface area contributed by atoms with Crippen molar-refractivity contribution in [1.29, 1.82) is 0 Å². The third kappa shape index (κ3) is 6.02. The van der Waals surface area contributed by atoms with Gasteiger partial charge in [-0.25, -0.2) is 4.98 Å². The van der Waals surface area contributed by atoms with E-state index in [2.05, 4.69) is 51.8 Å². The number of nitrogens with two attached hydrogens (primary N) is 1. The van der Waals surface area contributed by atoms with Crippen LogP contribution in [0.1, 0.15) is 62.2 Å². The molecule has 3 N–H and O–H groups in total. The molecule has 0 saturated carbocycles. The first-order valence-electron chi connectivity index (χ1n) is 7.12. The zero-order valence-corrected chi connectivity index (χ0v) is 14.0. The van der Waals surface area contributed by atoms with Crippen LogP contribution < -0.4 is 11.1 Å². The van der Waals surface area contributed by atoms with Gasteiger partial charge in [-0.3, -0.25) is 0 Å². The Kier molecular flexibility index (Phi) is 5.96. The molecular weight excluding hydrogens is 254 g/mol. The third-order valence-electron chi connectivity index (χ3n) is 3.17. The van der Waals surface area contributed by atoms with Gasteiger partial charge >= 0.3 is 0 Å². The fourth-order valence-corrected chi connectivity index (χ4v) is 3.37. The second-order valence-corrected chi connectivity index (χ2v) is 7.91. The Balaban J connectivity index is 2.35. The molecule has 19 heavy (non-hydrogen) atoms. The number of nitrogens with one attached hydrogen (secondary N) is 1. The highest BCUT2D eigenvalue weighted by Gasteiger charge is 2.16. The third-order valence-corrected chi connectivity index (χ3v) is 4.43. The molecular formula is C15H29N3S. The molecule has 0 fully saturated rings. The van der Waals surface area contributed by atoms with Crippen molar-refractivity contribution in [3.8, 4) is 0 Å². The highest BCUT2D eigenvalue weighted by atomic mass is 32.1. The lowest BCUT2D eigenvalue weighted by atomic mass is 9.87. The van der Waals surface area contributed by atoms with Crippen molar-refractivity contribution in [1.82, 2.24) is 10.3 Å². The number of thiazole rings is 1. The molecule has 0 spiro atoms. The summed E-state index contributed by atoms with van der Waals surface area (Å²) in [7, 11) is 0. The SMILES string of the molecule is Cc1nc(C)c(C(C)NCCC(N)CC(C)(C)C)s1. The van der Waals surface area contributed by atoms with Crippen LogP contribution in [0.4, 0.5) is 0 Å². The molecule has 1 rings (SSSR count). The van der Waals surface area contributed by atoms with Crippen LogP contribution in [-0.4, -0.2) is 17.6 Å². The van der Waals surface area contributed by atoms with Crippen LogP contribution in [0.5, 0.6) is 0 Å². The molecule has 1 aromatic rings. The molecule has 2 unspecified atom stereocenters. The van der Waals surface area contributed by atoms with Gasteiger partial charge in [-0.05, 0) is 45.6 Å². The number of nitrogens with zero attached hydrogens (tertiary/aromatic N) is 1. The Bertz CT molecular complexity index is 393. The first-order chi connectivity index (χ1) is 8.69. The maximum atomic E-state index is 6.17. The largest absolute Gasteiger partial charge is 0.328 e. The minimum atomic E-state index is 0.281. The summed E-state index contributed by atoms with van der Waals surface area (Å²) in [6, 6.07) is 0.650. The van der Waals surface area contributed by atoms with E-state index < -0.39 is 0 Å². The van der Waals surface area contributed by atoms with Crippen molar-refractivity contribution in [2.24, 2.45) is 11.1 Å². The normalized spacial score (nSPS) is 15.5. The summed E-state index contributed by atoms with van der Waals surface area (Å²) in [5.41, 5.74) is 7.64. The van der Waals surface area contributed by atoms with Gasteiger partial charge in [-0.15, -0.1) is 11.3 Å². The lowest BCUT2D eigenvalue weighted by Crippen LogP contribution is -2.31. The van der Waals surface area contributed by atoms with Gasteiger partial charge in [0.1, 0.15) is 0 Å². The Morgan fingerprint density at radius 3 is 2.42 bits per heavy atom. The molecule has 3 nitrogen and oxygen atoms in total. The van der Waals surface area contributed by atoms with Crippen molar-refractivity contribution in [3.63, 3.8) is 0 Å². The number of rotatable bonds is 6. The minimum Gasteiger partial charge on any atom is -0.328 e. The lowest BCUT2D eigenvalue weighted by Gasteiger charge is -2.23. The van der Waals surface area contributed by atoms with Crippen LogP contribution in [0.15, 0.2) is 0 Å². The highest BCUT2D eigenvalue weighted by Crippen LogP contribution is 2.24. The molecule has 0 aliphatic carbocycles. The molecule has 2 atom stereocenters. The van der Waals surface area contributed by atoms with Gasteiger partial charge in [0.15, 0.2) is 0 Å². The summed E-state index contributed by atoms with van der Waals surface area (Å²) in [5.74, 6) is 0. The molecule has 0 amide bonds. The topological polar surface area (TPSA) is 50.9 Å². The van der Waals surface area contributed by atoms with E-state index in [1.54, 1.807) is 11.3 Å². The van der Waals surface area contributed by atoms with Crippen molar-refractivity contribution in [2.45, 2.75) is 66.5 Å². The van der Waals surface area contributed by atoms with Gasteiger partial charge in [0.05, 0.1) is 10.7 Å². The maximum Gasteiger partial charge on any atom is 0.0900 e. The van der Waals surface area contributed by atoms with Crippen LogP contribution in [0.2, 0.25) is 0 Å². The Morgan fingerprint density at radius 1 is 1.32 bits per heavy atom. The van der Waals surface area contributed by atoms with Gasteiger partial charge in [-0.2, -0.15) is 0 Å². The molecule has 0 radical (unpaired) electrons. The first-order valence-corrected chi connectivity index (χ1v) is 7.93. The molecule has 0 bridgehead atoms. The lowest BCUT2D eigenvalue weighted by molar-refractivity contribution is 0.327. The molecule has 110 valence electrons. The number of aryl methyl sites for hydroxylation is 2. The summed E-state index contributed by atoms with van der Waals surface area (Å²) in [6.07, 6.45) is 2.10. The number of hydrogen-bond donors (Lipinski definition) is 2. The predicted molar refractivity (Wildman–Crippen MR) is 84.7 cm³/mol. The monoisotopic (exact) mass is 283 g/mol. The van der Waals surface area contributed by atoms with Crippen LogP contribution in [0.3, 0.4) is 0 Å². The molecule has 4 heteroatoms. The second-order valence-electron chi connectivity index (χ2n) is 6.67. The van der Waals surface area contributed by atoms with Crippen LogP contribution >= 0.6 is 11.3 Å². The van der Waals surface area contributed by atoms with E-state index in [4.69, 9.17) is 5.73 Å². The smallest absolute Gasteiger partial charge is 0.0900 e. The molecule has 1 aromatic heterocycles. The van der Waals surface area contributed by atoms with Crippen molar-refractivity contribution >= 4 is 11.3 Å². The van der Waals surface area contributed by atoms with E-state index >= 15 is 0 Å². The van der Waals surface area contributed by atoms with E-state index in [9.17, 15) is 0 Å². The minimum absolute atomic E-state index is 0.281. The molecule has 1 heterocycles. The fraction of sp³-hybridized carbons (Fsp3) is 0.800. The highest BCUT2D eigenvalue weighted by molar-refractivity contribution is 7.11. The Hall–Kier alpha value is -0.450. The predicted octanol–water partition coefficient (Wildman–Crippen LogP) is 3.56. The zero-order chi connectivity index (χ0) is 14.6. The van der Waals surface area contributed by atoms with Crippen molar-refractivity contribution < 1.29 is 0 Å². The summed E-state index contributed by atoms with van der Waals surface area (Å²) < 4.78 is 0. The summed E-state index contributed by atoms with van der Waals surface area (Å²) in [5, 5.41) is 4.70. The van der Waals surface area contributed by atoms with Crippen molar-refractivity contribution in [2.75, 3.05) is 6.54 Å². The average Bonchev–Trinajstić information content (AvgIpc) is 2.55. The molecule has 0 saturated heterocycles. The van der Waals surface area contributed by atoms with Crippen LogP contribution in [0.25, 0.3) is 0 Å².